The lowest BCUT2D eigenvalue weighted by atomic mass is 9.89. The average Bonchev–Trinajstić information content (AvgIpc) is 2.96. The van der Waals surface area contributed by atoms with Crippen LogP contribution in [0, 0.1) is 19.8 Å². The molecule has 0 aromatic carbocycles. The summed E-state index contributed by atoms with van der Waals surface area (Å²) in [6.07, 6.45) is 4.81. The minimum Gasteiger partial charge on any atom is -0.477 e. The molecule has 0 N–H and O–H groups in total. The van der Waals surface area contributed by atoms with Gasteiger partial charge in [-0.05, 0) is 76.6 Å². The standard InChI is InChI=1S/C22H34N4O/c1-6-20(21-14-22(27-7-2)24-25(21)5)26-10-8-9-18(15-26)13-19-11-16(3)23-17(4)12-19/h11-12,14,18,20H,6-10,13,15H2,1-5H3/t18-,20?/m1/s1. The largest absolute Gasteiger partial charge is 0.477 e. The number of aryl methyl sites for hydroxylation is 3. The van der Waals surface area contributed by atoms with Crippen LogP contribution in [-0.2, 0) is 13.5 Å². The number of nitrogens with zero attached hydrogens (tertiary/aromatic N) is 4. The summed E-state index contributed by atoms with van der Waals surface area (Å²) < 4.78 is 7.61. The fourth-order valence-electron chi connectivity index (χ4n) is 4.56. The van der Waals surface area contributed by atoms with Crippen LogP contribution in [0.15, 0.2) is 18.2 Å². The molecule has 1 saturated heterocycles. The van der Waals surface area contributed by atoms with Gasteiger partial charge in [0.25, 0.3) is 0 Å². The molecule has 148 valence electrons. The van der Waals surface area contributed by atoms with Crippen molar-refractivity contribution < 1.29 is 4.74 Å². The van der Waals surface area contributed by atoms with Gasteiger partial charge in [-0.2, -0.15) is 0 Å². The predicted octanol–water partition coefficient (Wildman–Crippen LogP) is 4.24. The van der Waals surface area contributed by atoms with E-state index in [0.717, 1.165) is 36.7 Å². The first-order chi connectivity index (χ1) is 13.0. The average molecular weight is 371 g/mol. The Bertz CT molecular complexity index is 735. The second kappa shape index (κ2) is 8.87. The second-order valence-electron chi connectivity index (χ2n) is 7.85. The summed E-state index contributed by atoms with van der Waals surface area (Å²) in [7, 11) is 2.03. The number of likely N-dealkylation sites (tertiary alicyclic amines) is 1. The molecule has 5 nitrogen and oxygen atoms in total. The van der Waals surface area contributed by atoms with Gasteiger partial charge >= 0.3 is 0 Å². The van der Waals surface area contributed by atoms with E-state index in [0.29, 0.717) is 18.6 Å². The van der Waals surface area contributed by atoms with E-state index >= 15 is 0 Å². The van der Waals surface area contributed by atoms with Crippen molar-refractivity contribution in [3.8, 4) is 5.88 Å². The Labute approximate surface area is 163 Å². The molecule has 5 heteroatoms. The van der Waals surface area contributed by atoms with E-state index < -0.39 is 0 Å². The molecule has 0 radical (unpaired) electrons. The Kier molecular flexibility index (Phi) is 6.53. The van der Waals surface area contributed by atoms with Crippen LogP contribution < -0.4 is 4.74 Å². The molecule has 0 saturated carbocycles. The molecule has 2 aromatic heterocycles. The molecule has 0 bridgehead atoms. The molecular weight excluding hydrogens is 336 g/mol. The third kappa shape index (κ3) is 4.89. The highest BCUT2D eigenvalue weighted by Gasteiger charge is 2.28. The Morgan fingerprint density at radius 1 is 1.19 bits per heavy atom. The summed E-state index contributed by atoms with van der Waals surface area (Å²) in [5, 5.41) is 4.53. The molecule has 27 heavy (non-hydrogen) atoms. The van der Waals surface area contributed by atoms with Crippen molar-refractivity contribution in [2.75, 3.05) is 19.7 Å². The lowest BCUT2D eigenvalue weighted by Crippen LogP contribution is -2.39. The van der Waals surface area contributed by atoms with Crippen molar-refractivity contribution in [1.82, 2.24) is 19.7 Å². The van der Waals surface area contributed by atoms with E-state index in [9.17, 15) is 0 Å². The maximum atomic E-state index is 5.62. The van der Waals surface area contributed by atoms with E-state index in [1.54, 1.807) is 0 Å². The van der Waals surface area contributed by atoms with E-state index in [2.05, 4.69) is 54.0 Å². The number of piperidine rings is 1. The minimum absolute atomic E-state index is 0.403. The maximum Gasteiger partial charge on any atom is 0.233 e. The van der Waals surface area contributed by atoms with E-state index in [4.69, 9.17) is 4.74 Å². The fraction of sp³-hybridized carbons (Fsp3) is 0.636. The number of aromatic nitrogens is 3. The van der Waals surface area contributed by atoms with Crippen LogP contribution in [0.1, 0.15) is 61.8 Å². The maximum absolute atomic E-state index is 5.62. The molecule has 0 amide bonds. The Morgan fingerprint density at radius 2 is 1.93 bits per heavy atom. The van der Waals surface area contributed by atoms with Crippen LogP contribution in [0.5, 0.6) is 5.88 Å². The molecule has 1 aliphatic rings. The summed E-state index contributed by atoms with van der Waals surface area (Å²) in [6.45, 7) is 11.4. The summed E-state index contributed by atoms with van der Waals surface area (Å²) in [5.74, 6) is 1.44. The minimum atomic E-state index is 0.403. The Hall–Kier alpha value is -1.88. The van der Waals surface area contributed by atoms with E-state index in [-0.39, 0.29) is 0 Å². The van der Waals surface area contributed by atoms with Gasteiger partial charge < -0.3 is 4.74 Å². The summed E-state index contributed by atoms with van der Waals surface area (Å²) >= 11 is 0. The second-order valence-corrected chi connectivity index (χ2v) is 7.85. The van der Waals surface area contributed by atoms with Crippen LogP contribution in [-0.4, -0.2) is 39.4 Å². The highest BCUT2D eigenvalue weighted by Crippen LogP contribution is 2.32. The van der Waals surface area contributed by atoms with Crippen LogP contribution in [0.2, 0.25) is 0 Å². The molecule has 3 heterocycles. The fourth-order valence-corrected chi connectivity index (χ4v) is 4.56. The quantitative estimate of drug-likeness (QED) is 0.731. The highest BCUT2D eigenvalue weighted by molar-refractivity contribution is 5.21. The lowest BCUT2D eigenvalue weighted by Gasteiger charge is -2.38. The lowest BCUT2D eigenvalue weighted by molar-refractivity contribution is 0.115. The van der Waals surface area contributed by atoms with Gasteiger partial charge in [-0.1, -0.05) is 6.92 Å². The van der Waals surface area contributed by atoms with Gasteiger partial charge in [-0.25, -0.2) is 0 Å². The van der Waals surface area contributed by atoms with Gasteiger partial charge in [0.15, 0.2) is 0 Å². The van der Waals surface area contributed by atoms with Gasteiger partial charge in [0, 0.05) is 31.0 Å². The topological polar surface area (TPSA) is 43.2 Å². The first-order valence-corrected chi connectivity index (χ1v) is 10.3. The molecule has 0 aliphatic carbocycles. The zero-order valence-corrected chi connectivity index (χ0v) is 17.5. The SMILES string of the molecule is CCOc1cc(C(CC)N2CCC[C@H](Cc3cc(C)nc(C)c3)C2)n(C)n1. The molecule has 0 spiro atoms. The number of hydrogen-bond acceptors (Lipinski definition) is 4. The predicted molar refractivity (Wildman–Crippen MR) is 109 cm³/mol. The highest BCUT2D eigenvalue weighted by atomic mass is 16.5. The first-order valence-electron chi connectivity index (χ1n) is 10.3. The summed E-state index contributed by atoms with van der Waals surface area (Å²) in [6, 6.07) is 7.02. The summed E-state index contributed by atoms with van der Waals surface area (Å²) in [5.41, 5.74) is 4.95. The van der Waals surface area contributed by atoms with Crippen LogP contribution in [0.3, 0.4) is 0 Å². The molecule has 2 atom stereocenters. The van der Waals surface area contributed by atoms with Crippen molar-refractivity contribution in [1.29, 1.82) is 0 Å². The van der Waals surface area contributed by atoms with Crippen molar-refractivity contribution in [3.63, 3.8) is 0 Å². The molecule has 3 rings (SSSR count). The Morgan fingerprint density at radius 3 is 2.59 bits per heavy atom. The van der Waals surface area contributed by atoms with Crippen molar-refractivity contribution >= 4 is 0 Å². The van der Waals surface area contributed by atoms with E-state index in [1.807, 2.05) is 18.7 Å². The zero-order chi connectivity index (χ0) is 19.4. The van der Waals surface area contributed by atoms with Gasteiger partial charge in [0.05, 0.1) is 18.3 Å². The van der Waals surface area contributed by atoms with E-state index in [1.165, 1.54) is 30.6 Å². The molecule has 1 unspecified atom stereocenters. The third-order valence-electron chi connectivity index (χ3n) is 5.57. The number of pyridine rings is 1. The van der Waals surface area contributed by atoms with Crippen LogP contribution >= 0.6 is 0 Å². The monoisotopic (exact) mass is 370 g/mol. The van der Waals surface area contributed by atoms with Gasteiger partial charge in [-0.15, -0.1) is 5.10 Å². The number of ether oxygens (including phenoxy) is 1. The van der Waals surface area contributed by atoms with Crippen LogP contribution in [0.4, 0.5) is 0 Å². The number of hydrogen-bond donors (Lipinski definition) is 0. The van der Waals surface area contributed by atoms with Crippen molar-refractivity contribution in [3.05, 3.63) is 40.8 Å². The van der Waals surface area contributed by atoms with Gasteiger partial charge in [0.2, 0.25) is 5.88 Å². The first kappa shape index (κ1) is 19.9. The van der Waals surface area contributed by atoms with Crippen LogP contribution in [0.25, 0.3) is 0 Å². The van der Waals surface area contributed by atoms with Gasteiger partial charge in [-0.3, -0.25) is 14.6 Å². The molecule has 2 aromatic rings. The smallest absolute Gasteiger partial charge is 0.233 e. The normalized spacial score (nSPS) is 19.2. The number of rotatable bonds is 7. The van der Waals surface area contributed by atoms with Crippen molar-refractivity contribution in [2.45, 2.75) is 59.4 Å². The molecular formula is C22H34N4O. The van der Waals surface area contributed by atoms with Gasteiger partial charge in [0.1, 0.15) is 0 Å². The Balaban J connectivity index is 1.72. The zero-order valence-electron chi connectivity index (χ0n) is 17.5. The van der Waals surface area contributed by atoms with Crippen molar-refractivity contribution in [2.24, 2.45) is 13.0 Å². The molecule has 1 aliphatic heterocycles. The third-order valence-corrected chi connectivity index (χ3v) is 5.57. The summed E-state index contributed by atoms with van der Waals surface area (Å²) in [4.78, 5) is 7.17. The molecule has 1 fully saturated rings.